The Morgan fingerprint density at radius 1 is 0.514 bits per heavy atom. The van der Waals surface area contributed by atoms with E-state index in [9.17, 15) is 26.4 Å². The molecule has 0 saturated heterocycles. The predicted octanol–water partition coefficient (Wildman–Crippen LogP) is 5.85. The van der Waals surface area contributed by atoms with E-state index in [1.165, 1.54) is 24.3 Å². The van der Waals surface area contributed by atoms with E-state index in [4.69, 9.17) is 74.8 Å². The molecule has 2 amide bonds. The third kappa shape index (κ3) is 17.3. The van der Waals surface area contributed by atoms with Crippen molar-refractivity contribution in [2.24, 2.45) is 0 Å². The number of sulfonamides is 2. The van der Waals surface area contributed by atoms with Crippen molar-refractivity contribution in [2.75, 3.05) is 107 Å². The number of hydrogen-bond donors (Lipinski definition) is 4. The van der Waals surface area contributed by atoms with Gasteiger partial charge in [-0.15, -0.1) is 0 Å². The maximum Gasteiger partial charge on any atom is 0.240 e. The van der Waals surface area contributed by atoms with Gasteiger partial charge in [0.25, 0.3) is 0 Å². The standard InChI is InChI=1S/C50H64Cl4N6O12S2/c1-59(2)45-31-39-41(27-33(51)29-43(39)53)49(45)71-35-5-9-37(10-6-35)73(63,64)57-17-21-69-25-23-67-19-15-55-47(61)13-14-48(62)56-16-20-68-24-26-70-22-18-58-74(65,66)38-11-7-36(8-12-38)72-50-42-28-34(52)30-44(54)40(42)32-46(50)60(3)4/h5-12,27-30,45-46,49-50,57-58H,13-26,31-32H2,1-4H3,(H,55,61)(H,56,62)/t45-,46-,49+,50+/m1/s1. The Bertz CT molecular complexity index is 2540. The van der Waals surface area contributed by atoms with E-state index < -0.39 is 20.0 Å². The van der Waals surface area contributed by atoms with Crippen LogP contribution in [0.5, 0.6) is 11.5 Å². The fourth-order valence-corrected chi connectivity index (χ4v) is 11.5. The van der Waals surface area contributed by atoms with E-state index in [1.54, 1.807) is 36.4 Å². The van der Waals surface area contributed by atoms with Gasteiger partial charge in [0.15, 0.2) is 0 Å². The van der Waals surface area contributed by atoms with Crippen LogP contribution >= 0.6 is 46.4 Å². The minimum Gasteiger partial charge on any atom is -0.484 e. The van der Waals surface area contributed by atoms with Crippen LogP contribution in [0.15, 0.2) is 82.6 Å². The summed E-state index contributed by atoms with van der Waals surface area (Å²) in [5.41, 5.74) is 3.79. The Labute approximate surface area is 454 Å². The highest BCUT2D eigenvalue weighted by Gasteiger charge is 2.39. The Hall–Kier alpha value is -3.84. The molecule has 4 aromatic carbocycles. The minimum absolute atomic E-state index is 0.00148. The Morgan fingerprint density at radius 3 is 1.19 bits per heavy atom. The first kappa shape index (κ1) is 59.4. The number of carbonyl (C=O) groups is 2. The summed E-state index contributed by atoms with van der Waals surface area (Å²) in [7, 11) is 0.270. The van der Waals surface area contributed by atoms with E-state index in [2.05, 4.69) is 29.9 Å². The van der Waals surface area contributed by atoms with Crippen molar-refractivity contribution >= 4 is 78.3 Å². The fourth-order valence-electron chi connectivity index (χ4n) is 8.35. The number of nitrogens with one attached hydrogen (secondary N) is 4. The zero-order chi connectivity index (χ0) is 53.4. The lowest BCUT2D eigenvalue weighted by atomic mass is 10.1. The topological polar surface area (TPSA) is 212 Å². The molecular formula is C50H64Cl4N6O12S2. The SMILES string of the molecule is CN(C)[C@@H]1Cc2c(Cl)cc(Cl)cc2[C@@H]1Oc1ccc(S(=O)(=O)NCCOCCOCCNC(=O)CCC(=O)NCCOCCOCCNS(=O)(=O)c2ccc(O[C@H]3c4cc(Cl)cc(Cl)c4C[C@H]3N(C)C)cc2)cc1. The number of nitrogens with zero attached hydrogens (tertiary/aromatic N) is 2. The first-order valence-electron chi connectivity index (χ1n) is 24.0. The predicted molar refractivity (Wildman–Crippen MR) is 284 cm³/mol. The van der Waals surface area contributed by atoms with Gasteiger partial charge in [-0.1, -0.05) is 46.4 Å². The number of hydrogen-bond acceptors (Lipinski definition) is 14. The lowest BCUT2D eigenvalue weighted by molar-refractivity contribution is -0.126. The van der Waals surface area contributed by atoms with Crippen LogP contribution in [0.4, 0.5) is 0 Å². The van der Waals surface area contributed by atoms with Gasteiger partial charge in [-0.05, 0) is 125 Å². The molecule has 0 heterocycles. The minimum atomic E-state index is -3.80. The second-order valence-corrected chi connectivity index (χ2v) is 23.1. The summed E-state index contributed by atoms with van der Waals surface area (Å²) in [6.07, 6.45) is 0.704. The number of ether oxygens (including phenoxy) is 6. The highest BCUT2D eigenvalue weighted by Crippen LogP contribution is 2.43. The summed E-state index contributed by atoms with van der Waals surface area (Å²) < 4.78 is 91.2. The van der Waals surface area contributed by atoms with Gasteiger partial charge >= 0.3 is 0 Å². The van der Waals surface area contributed by atoms with Crippen molar-refractivity contribution in [1.29, 1.82) is 0 Å². The second kappa shape index (κ2) is 28.5. The molecule has 0 unspecified atom stereocenters. The van der Waals surface area contributed by atoms with Crippen LogP contribution in [-0.4, -0.2) is 158 Å². The number of rotatable bonds is 31. The molecule has 0 aromatic heterocycles. The molecule has 2 aliphatic carbocycles. The second-order valence-electron chi connectivity index (χ2n) is 17.8. The molecule has 4 aromatic rings. The van der Waals surface area contributed by atoms with Crippen molar-refractivity contribution in [2.45, 2.75) is 59.8 Å². The third-order valence-corrected chi connectivity index (χ3v) is 16.3. The van der Waals surface area contributed by atoms with Gasteiger partial charge in [0, 0.05) is 70.2 Å². The molecule has 4 atom stereocenters. The van der Waals surface area contributed by atoms with E-state index in [1.807, 2.05) is 40.3 Å². The van der Waals surface area contributed by atoms with Crippen LogP contribution in [-0.2, 0) is 61.4 Å². The molecule has 0 spiro atoms. The van der Waals surface area contributed by atoms with Crippen LogP contribution in [0.3, 0.4) is 0 Å². The third-order valence-electron chi connectivity index (χ3n) is 12.2. The fraction of sp³-hybridized carbons (Fsp3) is 0.480. The van der Waals surface area contributed by atoms with Gasteiger partial charge in [-0.2, -0.15) is 0 Å². The average Bonchev–Trinajstić information content (AvgIpc) is 3.91. The van der Waals surface area contributed by atoms with Crippen molar-refractivity contribution in [3.8, 4) is 11.5 Å². The molecule has 24 heteroatoms. The van der Waals surface area contributed by atoms with E-state index in [0.29, 0.717) is 44.4 Å². The summed E-state index contributed by atoms with van der Waals surface area (Å²) in [4.78, 5) is 28.7. The molecule has 0 radical (unpaired) electrons. The number of fused-ring (bicyclic) bond motifs is 2. The number of benzene rings is 4. The average molecular weight is 1150 g/mol. The number of amides is 2. The van der Waals surface area contributed by atoms with E-state index >= 15 is 0 Å². The normalized spacial score (nSPS) is 17.4. The monoisotopic (exact) mass is 1140 g/mol. The zero-order valence-electron chi connectivity index (χ0n) is 41.7. The highest BCUT2D eigenvalue weighted by molar-refractivity contribution is 7.89. The van der Waals surface area contributed by atoms with Gasteiger partial charge < -0.3 is 48.9 Å². The smallest absolute Gasteiger partial charge is 0.240 e. The Morgan fingerprint density at radius 2 is 0.851 bits per heavy atom. The molecule has 0 saturated carbocycles. The van der Waals surface area contributed by atoms with Crippen molar-refractivity contribution in [3.63, 3.8) is 0 Å². The van der Waals surface area contributed by atoms with Crippen LogP contribution in [0.2, 0.25) is 20.1 Å². The van der Waals surface area contributed by atoms with E-state index in [-0.39, 0.29) is 138 Å². The van der Waals surface area contributed by atoms with Gasteiger partial charge in [0.1, 0.15) is 23.7 Å². The first-order chi connectivity index (χ1) is 35.3. The van der Waals surface area contributed by atoms with Gasteiger partial charge in [0.2, 0.25) is 31.9 Å². The number of carbonyl (C=O) groups excluding carboxylic acids is 2. The van der Waals surface area contributed by atoms with E-state index in [0.717, 1.165) is 22.3 Å². The van der Waals surface area contributed by atoms with Crippen LogP contribution < -0.4 is 29.6 Å². The summed E-state index contributed by atoms with van der Waals surface area (Å²) >= 11 is 25.5. The molecule has 74 heavy (non-hydrogen) atoms. The molecule has 406 valence electrons. The summed E-state index contributed by atoms with van der Waals surface area (Å²) in [6, 6.07) is 19.6. The molecule has 2 aliphatic rings. The van der Waals surface area contributed by atoms with Gasteiger partial charge in [0.05, 0.1) is 74.7 Å². The van der Waals surface area contributed by atoms with Gasteiger partial charge in [-0.25, -0.2) is 26.3 Å². The highest BCUT2D eigenvalue weighted by atomic mass is 35.5. The van der Waals surface area contributed by atoms with Crippen molar-refractivity contribution in [1.82, 2.24) is 29.9 Å². The molecule has 18 nitrogen and oxygen atoms in total. The molecule has 6 rings (SSSR count). The maximum absolute atomic E-state index is 12.9. The van der Waals surface area contributed by atoms with Crippen molar-refractivity contribution < 1.29 is 54.8 Å². The molecule has 0 bridgehead atoms. The van der Waals surface area contributed by atoms with Crippen LogP contribution in [0.1, 0.15) is 47.3 Å². The molecule has 0 aliphatic heterocycles. The molecular weight excluding hydrogens is 1080 g/mol. The van der Waals surface area contributed by atoms with Crippen molar-refractivity contribution in [3.05, 3.63) is 115 Å². The number of halogens is 4. The van der Waals surface area contributed by atoms with Gasteiger partial charge in [-0.3, -0.25) is 9.59 Å². The van der Waals surface area contributed by atoms with Crippen LogP contribution in [0, 0.1) is 0 Å². The quantitative estimate of drug-likeness (QED) is 0.0436. The zero-order valence-corrected chi connectivity index (χ0v) is 46.3. The summed E-state index contributed by atoms with van der Waals surface area (Å²) in [5, 5.41) is 7.61. The Kier molecular flexibility index (Phi) is 22.9. The number of likely N-dealkylation sites (N-methyl/N-ethyl adjacent to an activating group) is 2. The summed E-state index contributed by atoms with van der Waals surface area (Å²) in [5.74, 6) is 0.411. The molecule has 4 N–H and O–H groups in total. The van der Waals surface area contributed by atoms with Crippen LogP contribution in [0.25, 0.3) is 0 Å². The molecule has 0 fully saturated rings. The first-order valence-corrected chi connectivity index (χ1v) is 28.5. The lowest BCUT2D eigenvalue weighted by Crippen LogP contribution is -2.34. The maximum atomic E-state index is 12.9. The largest absolute Gasteiger partial charge is 0.484 e. The lowest BCUT2D eigenvalue weighted by Gasteiger charge is -2.27. The summed E-state index contributed by atoms with van der Waals surface area (Å²) in [6.45, 7) is 2.17. The Balaban J connectivity index is 0.726.